The molecule has 3 amide bonds. The maximum absolute atomic E-state index is 12.2. The first-order valence-corrected chi connectivity index (χ1v) is 8.03. The van der Waals surface area contributed by atoms with Gasteiger partial charge in [0.15, 0.2) is 0 Å². The number of para-hydroxylation sites is 1. The second-order valence-electron chi connectivity index (χ2n) is 6.92. The number of carbonyl (C=O) groups is 3. The molecule has 0 radical (unpaired) electrons. The van der Waals surface area contributed by atoms with Crippen molar-refractivity contribution in [1.29, 1.82) is 0 Å². The van der Waals surface area contributed by atoms with Gasteiger partial charge < -0.3 is 19.9 Å². The van der Waals surface area contributed by atoms with E-state index < -0.39 is 11.7 Å². The summed E-state index contributed by atoms with van der Waals surface area (Å²) in [5.74, 6) is -0.405. The molecule has 0 aliphatic rings. The molecule has 0 unspecified atom stereocenters. The third-order valence-corrected chi connectivity index (χ3v) is 3.32. The first-order valence-electron chi connectivity index (χ1n) is 8.03. The van der Waals surface area contributed by atoms with Crippen LogP contribution in [0.5, 0.6) is 0 Å². The zero-order valence-electron chi connectivity index (χ0n) is 15.8. The van der Waals surface area contributed by atoms with Gasteiger partial charge in [-0.2, -0.15) is 0 Å². The number of nitrogens with zero attached hydrogens (tertiary/aromatic N) is 2. The fraction of sp³-hybridized carbons (Fsp3) is 0.500. The summed E-state index contributed by atoms with van der Waals surface area (Å²) >= 11 is 0. The number of anilines is 1. The van der Waals surface area contributed by atoms with Crippen molar-refractivity contribution in [3.05, 3.63) is 29.8 Å². The Labute approximate surface area is 148 Å². The van der Waals surface area contributed by atoms with Crippen LogP contribution in [0.25, 0.3) is 0 Å². The molecule has 0 aromatic heterocycles. The van der Waals surface area contributed by atoms with Crippen LogP contribution in [0.15, 0.2) is 24.3 Å². The van der Waals surface area contributed by atoms with E-state index in [1.54, 1.807) is 44.9 Å². The van der Waals surface area contributed by atoms with E-state index >= 15 is 0 Å². The molecule has 25 heavy (non-hydrogen) atoms. The molecule has 0 fully saturated rings. The lowest BCUT2D eigenvalue weighted by molar-refractivity contribution is -0.128. The zero-order valence-corrected chi connectivity index (χ0v) is 15.8. The molecular weight excluding hydrogens is 322 g/mol. The topological polar surface area (TPSA) is 79.0 Å². The molecule has 0 saturated carbocycles. The summed E-state index contributed by atoms with van der Waals surface area (Å²) in [5.41, 5.74) is 0.803. The Hall–Kier alpha value is -2.57. The minimum atomic E-state index is -0.619. The molecule has 0 heterocycles. The van der Waals surface area contributed by atoms with E-state index in [4.69, 9.17) is 4.74 Å². The molecule has 0 saturated heterocycles. The van der Waals surface area contributed by atoms with E-state index in [9.17, 15) is 14.4 Å². The highest BCUT2D eigenvalue weighted by atomic mass is 16.6. The maximum atomic E-state index is 12.2. The van der Waals surface area contributed by atoms with Crippen LogP contribution in [-0.4, -0.2) is 53.9 Å². The summed E-state index contributed by atoms with van der Waals surface area (Å²) in [4.78, 5) is 38.3. The van der Waals surface area contributed by atoms with Crippen LogP contribution in [0, 0.1) is 0 Å². The van der Waals surface area contributed by atoms with Crippen LogP contribution in [0.3, 0.4) is 0 Å². The number of hydrogen-bond acceptors (Lipinski definition) is 4. The van der Waals surface area contributed by atoms with Gasteiger partial charge in [-0.1, -0.05) is 18.2 Å². The molecule has 1 N–H and O–H groups in total. The predicted octanol–water partition coefficient (Wildman–Crippen LogP) is 2.47. The van der Waals surface area contributed by atoms with E-state index in [0.29, 0.717) is 12.2 Å². The summed E-state index contributed by atoms with van der Waals surface area (Å²) < 4.78 is 5.22. The molecular formula is C18H27N3O4. The van der Waals surface area contributed by atoms with Crippen molar-refractivity contribution < 1.29 is 19.1 Å². The number of amides is 3. The average Bonchev–Trinajstić information content (AvgIpc) is 2.47. The predicted molar refractivity (Wildman–Crippen MR) is 96.1 cm³/mol. The minimum Gasteiger partial charge on any atom is -0.444 e. The summed E-state index contributed by atoms with van der Waals surface area (Å²) in [5, 5.41) is 2.78. The third kappa shape index (κ3) is 7.24. The van der Waals surface area contributed by atoms with Gasteiger partial charge in [0.1, 0.15) is 12.1 Å². The molecule has 0 aliphatic heterocycles. The molecule has 1 rings (SSSR count). The van der Waals surface area contributed by atoms with Crippen LogP contribution >= 0.6 is 0 Å². The number of rotatable bonds is 5. The summed E-state index contributed by atoms with van der Waals surface area (Å²) in [6.07, 6.45) is -0.563. The monoisotopic (exact) mass is 349 g/mol. The van der Waals surface area contributed by atoms with Gasteiger partial charge in [0, 0.05) is 33.3 Å². The van der Waals surface area contributed by atoms with E-state index in [2.05, 4.69) is 5.32 Å². The van der Waals surface area contributed by atoms with Gasteiger partial charge in [-0.25, -0.2) is 4.79 Å². The average molecular weight is 349 g/mol. The lowest BCUT2D eigenvalue weighted by Crippen LogP contribution is -2.39. The fourth-order valence-electron chi connectivity index (χ4n) is 1.96. The van der Waals surface area contributed by atoms with Crippen LogP contribution in [-0.2, 0) is 20.9 Å². The fourth-order valence-corrected chi connectivity index (χ4v) is 1.96. The molecule has 1 aromatic rings. The van der Waals surface area contributed by atoms with Gasteiger partial charge in [0.05, 0.1) is 0 Å². The highest BCUT2D eigenvalue weighted by molar-refractivity contribution is 5.94. The Morgan fingerprint density at radius 2 is 1.68 bits per heavy atom. The highest BCUT2D eigenvalue weighted by Gasteiger charge is 2.21. The number of hydrogen-bond donors (Lipinski definition) is 1. The molecule has 1 aromatic carbocycles. The van der Waals surface area contributed by atoms with Gasteiger partial charge in [0.25, 0.3) is 0 Å². The normalized spacial score (nSPS) is 10.8. The molecule has 0 bridgehead atoms. The molecule has 0 aliphatic carbocycles. The summed E-state index contributed by atoms with van der Waals surface area (Å²) in [7, 11) is 3.19. The lowest BCUT2D eigenvalue weighted by atomic mass is 10.1. The SMILES string of the molecule is CC(=O)N(C)Cc1ccccc1NC(=O)CN(C)C(=O)OC(C)(C)C. The largest absolute Gasteiger partial charge is 0.444 e. The third-order valence-electron chi connectivity index (χ3n) is 3.32. The second kappa shape index (κ2) is 8.50. The number of benzene rings is 1. The summed E-state index contributed by atoms with van der Waals surface area (Å²) in [6.45, 7) is 7.03. The van der Waals surface area contributed by atoms with Crippen molar-refractivity contribution in [1.82, 2.24) is 9.80 Å². The van der Waals surface area contributed by atoms with E-state index in [1.807, 2.05) is 12.1 Å². The van der Waals surface area contributed by atoms with Gasteiger partial charge in [-0.3, -0.25) is 9.59 Å². The van der Waals surface area contributed by atoms with Crippen LogP contribution in [0.2, 0.25) is 0 Å². The summed E-state index contributed by atoms with van der Waals surface area (Å²) in [6, 6.07) is 7.23. The van der Waals surface area contributed by atoms with Crippen molar-refractivity contribution in [3.63, 3.8) is 0 Å². The van der Waals surface area contributed by atoms with Gasteiger partial charge in [0.2, 0.25) is 11.8 Å². The minimum absolute atomic E-state index is 0.0641. The smallest absolute Gasteiger partial charge is 0.410 e. The van der Waals surface area contributed by atoms with Crippen molar-refractivity contribution in [3.8, 4) is 0 Å². The lowest BCUT2D eigenvalue weighted by Gasteiger charge is -2.24. The van der Waals surface area contributed by atoms with E-state index in [0.717, 1.165) is 5.56 Å². The highest BCUT2D eigenvalue weighted by Crippen LogP contribution is 2.17. The van der Waals surface area contributed by atoms with Gasteiger partial charge in [-0.15, -0.1) is 0 Å². The molecule has 7 heteroatoms. The number of nitrogens with one attached hydrogen (secondary N) is 1. The molecule has 138 valence electrons. The van der Waals surface area contributed by atoms with Crippen molar-refractivity contribution in [2.45, 2.75) is 39.8 Å². The van der Waals surface area contributed by atoms with Crippen LogP contribution in [0.1, 0.15) is 33.3 Å². The Kier molecular flexibility index (Phi) is 6.97. The second-order valence-corrected chi connectivity index (χ2v) is 6.92. The van der Waals surface area contributed by atoms with Crippen molar-refractivity contribution in [2.24, 2.45) is 0 Å². The zero-order chi connectivity index (χ0) is 19.2. The first kappa shape index (κ1) is 20.5. The van der Waals surface area contributed by atoms with Crippen molar-refractivity contribution >= 4 is 23.6 Å². The van der Waals surface area contributed by atoms with Crippen LogP contribution < -0.4 is 5.32 Å². The molecule has 7 nitrogen and oxygen atoms in total. The Bertz CT molecular complexity index is 637. The molecule has 0 spiro atoms. The quantitative estimate of drug-likeness (QED) is 0.886. The molecule has 0 atom stereocenters. The number of likely N-dealkylation sites (N-methyl/N-ethyl adjacent to an activating group) is 1. The Balaban J connectivity index is 2.71. The van der Waals surface area contributed by atoms with Crippen LogP contribution in [0.4, 0.5) is 10.5 Å². The number of ether oxygens (including phenoxy) is 1. The number of carbonyl (C=O) groups excluding carboxylic acids is 3. The maximum Gasteiger partial charge on any atom is 0.410 e. The Morgan fingerprint density at radius 1 is 1.08 bits per heavy atom. The van der Waals surface area contributed by atoms with Gasteiger partial charge in [-0.05, 0) is 32.4 Å². The van der Waals surface area contributed by atoms with Gasteiger partial charge >= 0.3 is 6.09 Å². The first-order chi connectivity index (χ1) is 11.5. The standard InChI is InChI=1S/C18H27N3O4/c1-13(22)20(5)11-14-9-7-8-10-15(14)19-16(23)12-21(6)17(24)25-18(2,3)4/h7-10H,11-12H2,1-6H3,(H,19,23). The van der Waals surface area contributed by atoms with Crippen molar-refractivity contribution in [2.75, 3.05) is 26.0 Å². The Morgan fingerprint density at radius 3 is 2.24 bits per heavy atom. The van der Waals surface area contributed by atoms with E-state index in [1.165, 1.54) is 18.9 Å². The van der Waals surface area contributed by atoms with E-state index in [-0.39, 0.29) is 18.4 Å².